The third-order valence-corrected chi connectivity index (χ3v) is 4.79. The topological polar surface area (TPSA) is 35.2 Å². The summed E-state index contributed by atoms with van der Waals surface area (Å²) in [6.07, 6.45) is 0.962. The Bertz CT molecular complexity index is 538. The van der Waals surface area contributed by atoms with E-state index in [1.165, 1.54) is 9.75 Å². The lowest BCUT2D eigenvalue weighted by molar-refractivity contribution is 0.412. The molecule has 0 fully saturated rings. The summed E-state index contributed by atoms with van der Waals surface area (Å²) in [6.45, 7) is 2.10. The van der Waals surface area contributed by atoms with Crippen molar-refractivity contribution in [1.29, 1.82) is 0 Å². The molecule has 0 aliphatic rings. The molecule has 96 valence electrons. The molecule has 0 saturated heterocycles. The van der Waals surface area contributed by atoms with E-state index in [1.807, 2.05) is 12.1 Å². The minimum absolute atomic E-state index is 0.140. The van der Waals surface area contributed by atoms with E-state index in [4.69, 9.17) is 10.5 Å². The van der Waals surface area contributed by atoms with Crippen LogP contribution in [-0.4, -0.2) is 7.11 Å². The number of ether oxygens (including phenoxy) is 1. The van der Waals surface area contributed by atoms with Gasteiger partial charge in [-0.2, -0.15) is 0 Å². The second-order valence-electron chi connectivity index (χ2n) is 4.07. The van der Waals surface area contributed by atoms with E-state index in [-0.39, 0.29) is 6.04 Å². The molecule has 1 heterocycles. The van der Waals surface area contributed by atoms with E-state index >= 15 is 0 Å². The third kappa shape index (κ3) is 2.76. The number of rotatable bonds is 4. The second-order valence-corrected chi connectivity index (χ2v) is 6.04. The molecule has 1 aromatic heterocycles. The van der Waals surface area contributed by atoms with Crippen molar-refractivity contribution in [2.75, 3.05) is 7.11 Å². The van der Waals surface area contributed by atoms with Gasteiger partial charge in [-0.1, -0.05) is 13.0 Å². The summed E-state index contributed by atoms with van der Waals surface area (Å²) in [5, 5.41) is 0. The fourth-order valence-corrected chi connectivity index (χ4v) is 3.22. The maximum Gasteiger partial charge on any atom is 0.133 e. The summed E-state index contributed by atoms with van der Waals surface area (Å²) < 4.78 is 6.28. The van der Waals surface area contributed by atoms with Gasteiger partial charge in [0, 0.05) is 15.8 Å². The second kappa shape index (κ2) is 5.87. The Morgan fingerprint density at radius 1 is 1.33 bits per heavy atom. The van der Waals surface area contributed by atoms with Gasteiger partial charge in [-0.05, 0) is 52.2 Å². The van der Waals surface area contributed by atoms with Crippen LogP contribution in [0.4, 0.5) is 0 Å². The number of thiophene rings is 1. The highest BCUT2D eigenvalue weighted by molar-refractivity contribution is 9.10. The minimum atomic E-state index is 0.140. The molecular weight excluding hydrogens is 310 g/mol. The number of hydrogen-bond donors (Lipinski definition) is 1. The average molecular weight is 326 g/mol. The summed E-state index contributed by atoms with van der Waals surface area (Å²) in [5.74, 6) is 0.849. The molecule has 2 rings (SSSR count). The lowest BCUT2D eigenvalue weighted by Gasteiger charge is -2.06. The summed E-state index contributed by atoms with van der Waals surface area (Å²) in [5.41, 5.74) is 7.21. The van der Waals surface area contributed by atoms with Gasteiger partial charge in [-0.25, -0.2) is 0 Å². The zero-order valence-electron chi connectivity index (χ0n) is 10.4. The van der Waals surface area contributed by atoms with Crippen molar-refractivity contribution in [3.05, 3.63) is 39.7 Å². The van der Waals surface area contributed by atoms with E-state index in [2.05, 4.69) is 41.1 Å². The van der Waals surface area contributed by atoms with Crippen molar-refractivity contribution in [2.24, 2.45) is 5.73 Å². The highest BCUT2D eigenvalue weighted by Gasteiger charge is 2.09. The van der Waals surface area contributed by atoms with E-state index in [9.17, 15) is 0 Å². The zero-order valence-corrected chi connectivity index (χ0v) is 12.8. The lowest BCUT2D eigenvalue weighted by atomic mass is 10.1. The molecule has 1 atom stereocenters. The number of nitrogens with two attached hydrogens (primary N) is 1. The van der Waals surface area contributed by atoms with Gasteiger partial charge in [0.15, 0.2) is 0 Å². The molecule has 0 bridgehead atoms. The van der Waals surface area contributed by atoms with Crippen LogP contribution in [0.5, 0.6) is 5.75 Å². The van der Waals surface area contributed by atoms with E-state index in [1.54, 1.807) is 18.4 Å². The van der Waals surface area contributed by atoms with E-state index < -0.39 is 0 Å². The molecule has 1 aromatic carbocycles. The summed E-state index contributed by atoms with van der Waals surface area (Å²) in [4.78, 5) is 2.45. The summed E-state index contributed by atoms with van der Waals surface area (Å²) in [6, 6.07) is 10.5. The molecule has 2 nitrogen and oxygen atoms in total. The van der Waals surface area contributed by atoms with Crippen LogP contribution in [0.15, 0.2) is 34.8 Å². The molecule has 0 amide bonds. The number of halogens is 1. The normalized spacial score (nSPS) is 12.4. The number of hydrogen-bond acceptors (Lipinski definition) is 3. The smallest absolute Gasteiger partial charge is 0.133 e. The molecule has 2 N–H and O–H groups in total. The standard InChI is InChI=1S/C14H16BrNOS/c1-3-11(16)14-7-6-13(18-14)9-4-5-10(15)12(8-9)17-2/h4-8,11H,3,16H2,1-2H3. The van der Waals surface area contributed by atoms with Crippen molar-refractivity contribution in [3.63, 3.8) is 0 Å². The molecule has 0 radical (unpaired) electrons. The molecule has 1 unspecified atom stereocenters. The molecule has 0 aliphatic heterocycles. The Hall–Kier alpha value is -0.840. The average Bonchev–Trinajstić information content (AvgIpc) is 2.88. The zero-order chi connectivity index (χ0) is 13.1. The Morgan fingerprint density at radius 3 is 2.78 bits per heavy atom. The van der Waals surface area contributed by atoms with Crippen molar-refractivity contribution in [1.82, 2.24) is 0 Å². The molecule has 0 aliphatic carbocycles. The Labute approximate surface area is 120 Å². The molecule has 0 spiro atoms. The first-order valence-corrected chi connectivity index (χ1v) is 7.46. The first kappa shape index (κ1) is 13.6. The van der Waals surface area contributed by atoms with Crippen LogP contribution in [0.3, 0.4) is 0 Å². The largest absolute Gasteiger partial charge is 0.496 e. The number of benzene rings is 1. The van der Waals surface area contributed by atoms with Crippen molar-refractivity contribution in [3.8, 4) is 16.2 Å². The Balaban J connectivity index is 2.34. The quantitative estimate of drug-likeness (QED) is 0.891. The van der Waals surface area contributed by atoms with Crippen LogP contribution in [0.25, 0.3) is 10.4 Å². The first-order valence-electron chi connectivity index (χ1n) is 5.85. The highest BCUT2D eigenvalue weighted by atomic mass is 79.9. The van der Waals surface area contributed by atoms with Crippen LogP contribution >= 0.6 is 27.3 Å². The van der Waals surface area contributed by atoms with Crippen LogP contribution in [0.2, 0.25) is 0 Å². The van der Waals surface area contributed by atoms with Gasteiger partial charge >= 0.3 is 0 Å². The van der Waals surface area contributed by atoms with Gasteiger partial charge in [0.05, 0.1) is 11.6 Å². The maximum atomic E-state index is 6.04. The van der Waals surface area contributed by atoms with Gasteiger partial charge in [-0.3, -0.25) is 0 Å². The fraction of sp³-hybridized carbons (Fsp3) is 0.286. The van der Waals surface area contributed by atoms with E-state index in [0.717, 1.165) is 22.2 Å². The highest BCUT2D eigenvalue weighted by Crippen LogP contribution is 2.35. The van der Waals surface area contributed by atoms with Crippen LogP contribution < -0.4 is 10.5 Å². The van der Waals surface area contributed by atoms with E-state index in [0.29, 0.717) is 0 Å². The minimum Gasteiger partial charge on any atom is -0.496 e. The molecule has 2 aromatic rings. The number of methoxy groups -OCH3 is 1. The SMILES string of the molecule is CCC(N)c1ccc(-c2ccc(Br)c(OC)c2)s1. The third-order valence-electron chi connectivity index (χ3n) is 2.87. The lowest BCUT2D eigenvalue weighted by Crippen LogP contribution is -2.05. The van der Waals surface area contributed by atoms with Gasteiger partial charge in [-0.15, -0.1) is 11.3 Å². The van der Waals surface area contributed by atoms with Gasteiger partial charge in [0.2, 0.25) is 0 Å². The van der Waals surface area contributed by atoms with Crippen LogP contribution in [0.1, 0.15) is 24.3 Å². The predicted octanol–water partition coefficient (Wildman–Crippen LogP) is 4.60. The Kier molecular flexibility index (Phi) is 4.43. The van der Waals surface area contributed by atoms with Crippen molar-refractivity contribution >= 4 is 27.3 Å². The first-order chi connectivity index (χ1) is 8.65. The predicted molar refractivity (Wildman–Crippen MR) is 81.2 cm³/mol. The van der Waals surface area contributed by atoms with Crippen LogP contribution in [-0.2, 0) is 0 Å². The van der Waals surface area contributed by atoms with Crippen LogP contribution in [0, 0.1) is 0 Å². The van der Waals surface area contributed by atoms with Gasteiger partial charge < -0.3 is 10.5 Å². The molecule has 18 heavy (non-hydrogen) atoms. The van der Waals surface area contributed by atoms with Crippen molar-refractivity contribution < 1.29 is 4.74 Å². The summed E-state index contributed by atoms with van der Waals surface area (Å²) in [7, 11) is 1.68. The Morgan fingerprint density at radius 2 is 2.11 bits per heavy atom. The van der Waals surface area contributed by atoms with Crippen molar-refractivity contribution in [2.45, 2.75) is 19.4 Å². The monoisotopic (exact) mass is 325 g/mol. The molecule has 0 saturated carbocycles. The maximum absolute atomic E-state index is 6.04. The summed E-state index contributed by atoms with van der Waals surface area (Å²) >= 11 is 5.21. The van der Waals surface area contributed by atoms with Gasteiger partial charge in [0.25, 0.3) is 0 Å². The fourth-order valence-electron chi connectivity index (χ4n) is 1.72. The van der Waals surface area contributed by atoms with Gasteiger partial charge in [0.1, 0.15) is 5.75 Å². The molecule has 4 heteroatoms. The molecular formula is C14H16BrNOS.